The average molecular weight is 656 g/mol. The predicted molar refractivity (Wildman–Crippen MR) is 198 cm³/mol. The number of hydrogen-bond acceptors (Lipinski definition) is 5. The second-order valence-electron chi connectivity index (χ2n) is 11.9. The number of aromatic amines is 2. The third-order valence-corrected chi connectivity index (χ3v) is 9.27. The summed E-state index contributed by atoms with van der Waals surface area (Å²) in [7, 11) is 1.67. The van der Waals surface area contributed by atoms with Crippen molar-refractivity contribution in [2.75, 3.05) is 7.11 Å². The summed E-state index contributed by atoms with van der Waals surface area (Å²) in [6, 6.07) is 40.1. The minimum Gasteiger partial charge on any atom is -0.497 e. The van der Waals surface area contributed by atoms with Gasteiger partial charge in [-0.05, 0) is 69.9 Å². The van der Waals surface area contributed by atoms with Gasteiger partial charge >= 0.3 is 0 Å². The number of aromatic nitrogens is 5. The van der Waals surface area contributed by atoms with Crippen molar-refractivity contribution in [2.24, 2.45) is 0 Å². The minimum atomic E-state index is -0.298. The maximum Gasteiger partial charge on any atom is 0.260 e. The molecule has 0 aliphatic carbocycles. The van der Waals surface area contributed by atoms with Crippen LogP contribution >= 0.6 is 11.6 Å². The number of hydrogen-bond donors (Lipinski definition) is 2. The molecule has 0 radical (unpaired) electrons. The molecule has 0 fully saturated rings. The molecule has 0 aliphatic heterocycles. The van der Waals surface area contributed by atoms with Crippen LogP contribution in [0.3, 0.4) is 0 Å². The van der Waals surface area contributed by atoms with Gasteiger partial charge in [0, 0.05) is 27.1 Å². The number of methoxy groups -OCH3 is 1. The molecule has 4 aromatic heterocycles. The van der Waals surface area contributed by atoms with Crippen molar-refractivity contribution >= 4 is 55.2 Å². The highest BCUT2D eigenvalue weighted by atomic mass is 35.5. The Kier molecular flexibility index (Phi) is 6.74. The maximum absolute atomic E-state index is 14.0. The van der Waals surface area contributed by atoms with E-state index >= 15 is 0 Å². The normalized spacial score (nSPS) is 11.6. The zero-order valence-corrected chi connectivity index (χ0v) is 26.9. The standard InChI is InChI=1S/C41H26ClN5O2/c1-49-29-16-14-25-18-27(13-12-26(25)19-29)30-21-33(23-8-4-2-5-9-23)46-40-35(30)38-36(41(48)44-22-43-38)39(47-40)34-31-20-28(42)15-17-32(31)45-37(34)24-10-6-3-7-11-24/h2-22,45H,1H3,(H,43,44,48). The zero-order chi connectivity index (χ0) is 33.1. The summed E-state index contributed by atoms with van der Waals surface area (Å²) in [5, 5.41) is 4.58. The van der Waals surface area contributed by atoms with Crippen molar-refractivity contribution in [1.82, 2.24) is 24.9 Å². The SMILES string of the molecule is COc1ccc2cc(-c3cc(-c4ccccc4)nc4nc(-c5c(-c6ccccc6)[nH]c6ccc(Cl)cc56)c5c(=O)[nH]cnc5c34)ccc2c1. The molecule has 0 spiro atoms. The van der Waals surface area contributed by atoms with Crippen LogP contribution < -0.4 is 10.3 Å². The smallest absolute Gasteiger partial charge is 0.260 e. The molecule has 0 saturated heterocycles. The monoisotopic (exact) mass is 655 g/mol. The first kappa shape index (κ1) is 28.9. The summed E-state index contributed by atoms with van der Waals surface area (Å²) in [5.74, 6) is 0.792. The summed E-state index contributed by atoms with van der Waals surface area (Å²) in [6.45, 7) is 0. The van der Waals surface area contributed by atoms with E-state index < -0.39 is 0 Å². The highest BCUT2D eigenvalue weighted by Gasteiger charge is 2.25. The Morgan fingerprint density at radius 1 is 0.714 bits per heavy atom. The average Bonchev–Trinajstić information content (AvgIpc) is 3.52. The van der Waals surface area contributed by atoms with Crippen molar-refractivity contribution in [3.05, 3.63) is 143 Å². The number of rotatable bonds is 5. The fraction of sp³-hybridized carbons (Fsp3) is 0.0244. The van der Waals surface area contributed by atoms with Crippen molar-refractivity contribution in [3.63, 3.8) is 0 Å². The molecular formula is C41H26ClN5O2. The van der Waals surface area contributed by atoms with Gasteiger partial charge in [0.05, 0.1) is 46.8 Å². The lowest BCUT2D eigenvalue weighted by Crippen LogP contribution is -2.10. The fourth-order valence-corrected chi connectivity index (χ4v) is 6.90. The topological polar surface area (TPSA) is 96.5 Å². The van der Waals surface area contributed by atoms with E-state index in [0.717, 1.165) is 66.6 Å². The highest BCUT2D eigenvalue weighted by Crippen LogP contribution is 2.43. The van der Waals surface area contributed by atoms with Gasteiger partial charge in [0.15, 0.2) is 5.65 Å². The van der Waals surface area contributed by atoms with Gasteiger partial charge in [-0.3, -0.25) is 4.79 Å². The Balaban J connectivity index is 1.42. The van der Waals surface area contributed by atoms with Crippen LogP contribution in [0, 0.1) is 0 Å². The van der Waals surface area contributed by atoms with E-state index in [0.29, 0.717) is 32.7 Å². The molecule has 234 valence electrons. The maximum atomic E-state index is 14.0. The molecule has 4 heterocycles. The van der Waals surface area contributed by atoms with Crippen LogP contribution in [0.25, 0.3) is 88.5 Å². The molecule has 0 atom stereocenters. The van der Waals surface area contributed by atoms with E-state index in [-0.39, 0.29) is 5.56 Å². The molecule has 0 aliphatic rings. The van der Waals surface area contributed by atoms with Crippen LogP contribution in [0.15, 0.2) is 132 Å². The van der Waals surface area contributed by atoms with E-state index in [1.54, 1.807) is 7.11 Å². The number of pyridine rings is 2. The molecule has 49 heavy (non-hydrogen) atoms. The van der Waals surface area contributed by atoms with Crippen LogP contribution in [-0.2, 0) is 0 Å². The van der Waals surface area contributed by atoms with Gasteiger partial charge in [-0.15, -0.1) is 0 Å². The first-order chi connectivity index (χ1) is 24.1. The van der Waals surface area contributed by atoms with Crippen LogP contribution in [-0.4, -0.2) is 32.0 Å². The fourth-order valence-electron chi connectivity index (χ4n) is 6.73. The van der Waals surface area contributed by atoms with Gasteiger partial charge in [0.25, 0.3) is 5.56 Å². The molecule has 7 nitrogen and oxygen atoms in total. The minimum absolute atomic E-state index is 0.298. The molecule has 8 heteroatoms. The largest absolute Gasteiger partial charge is 0.497 e. The van der Waals surface area contributed by atoms with Gasteiger partial charge in [0.1, 0.15) is 5.75 Å². The third-order valence-electron chi connectivity index (χ3n) is 9.03. The first-order valence-electron chi connectivity index (χ1n) is 15.8. The van der Waals surface area contributed by atoms with Crippen LogP contribution in [0.5, 0.6) is 5.75 Å². The second-order valence-corrected chi connectivity index (χ2v) is 12.3. The lowest BCUT2D eigenvalue weighted by molar-refractivity contribution is 0.415. The van der Waals surface area contributed by atoms with Crippen molar-refractivity contribution < 1.29 is 4.74 Å². The van der Waals surface area contributed by atoms with E-state index in [9.17, 15) is 4.79 Å². The van der Waals surface area contributed by atoms with Crippen molar-refractivity contribution in [1.29, 1.82) is 0 Å². The predicted octanol–water partition coefficient (Wildman–Crippen LogP) is 9.83. The molecule has 9 aromatic rings. The lowest BCUT2D eigenvalue weighted by atomic mass is 9.94. The van der Waals surface area contributed by atoms with E-state index in [2.05, 4.69) is 34.2 Å². The zero-order valence-electron chi connectivity index (χ0n) is 26.2. The molecule has 5 aromatic carbocycles. The summed E-state index contributed by atoms with van der Waals surface area (Å²) in [4.78, 5) is 35.6. The summed E-state index contributed by atoms with van der Waals surface area (Å²) in [5.41, 5.74) is 8.06. The van der Waals surface area contributed by atoms with Gasteiger partial charge in [-0.2, -0.15) is 0 Å². The van der Waals surface area contributed by atoms with Gasteiger partial charge in [-0.25, -0.2) is 15.0 Å². The number of fused-ring (bicyclic) bond motifs is 5. The number of H-pyrrole nitrogens is 2. The third kappa shape index (κ3) is 4.82. The van der Waals surface area contributed by atoms with Gasteiger partial charge in [-0.1, -0.05) is 90.5 Å². The second kappa shape index (κ2) is 11.4. The molecule has 0 unspecified atom stereocenters. The number of benzene rings is 5. The van der Waals surface area contributed by atoms with Crippen LogP contribution in [0.4, 0.5) is 0 Å². The molecule has 0 amide bonds. The molecule has 2 N–H and O–H groups in total. The molecule has 9 rings (SSSR count). The van der Waals surface area contributed by atoms with E-state index in [1.807, 2.05) is 97.1 Å². The summed E-state index contributed by atoms with van der Waals surface area (Å²) >= 11 is 6.58. The number of halogens is 1. The van der Waals surface area contributed by atoms with E-state index in [4.69, 9.17) is 31.3 Å². The Morgan fingerprint density at radius 2 is 1.47 bits per heavy atom. The van der Waals surface area contributed by atoms with Crippen molar-refractivity contribution in [3.8, 4) is 50.6 Å². The number of nitrogens with zero attached hydrogens (tertiary/aromatic N) is 3. The molecular weight excluding hydrogens is 630 g/mol. The van der Waals surface area contributed by atoms with Gasteiger partial charge in [0.2, 0.25) is 0 Å². The molecule has 0 bridgehead atoms. The van der Waals surface area contributed by atoms with E-state index in [1.165, 1.54) is 6.33 Å². The number of nitrogens with one attached hydrogen (secondary N) is 2. The lowest BCUT2D eigenvalue weighted by Gasteiger charge is -2.15. The number of ether oxygens (including phenoxy) is 1. The first-order valence-corrected chi connectivity index (χ1v) is 16.2. The summed E-state index contributed by atoms with van der Waals surface area (Å²) < 4.78 is 5.46. The van der Waals surface area contributed by atoms with Gasteiger partial charge < -0.3 is 14.7 Å². The van der Waals surface area contributed by atoms with Crippen LogP contribution in [0.1, 0.15) is 0 Å². The Bertz CT molecular complexity index is 2790. The summed E-state index contributed by atoms with van der Waals surface area (Å²) in [6.07, 6.45) is 1.44. The Hall–Kier alpha value is -6.31. The Labute approximate surface area is 284 Å². The quantitative estimate of drug-likeness (QED) is 0.180. The van der Waals surface area contributed by atoms with Crippen molar-refractivity contribution in [2.45, 2.75) is 0 Å². The van der Waals surface area contributed by atoms with Crippen LogP contribution in [0.2, 0.25) is 5.02 Å². The Morgan fingerprint density at radius 3 is 2.27 bits per heavy atom. The highest BCUT2D eigenvalue weighted by molar-refractivity contribution is 6.31. The molecule has 0 saturated carbocycles.